The zero-order valence-corrected chi connectivity index (χ0v) is 15.7. The number of aliphatic hydroxyl groups excluding tert-OH is 1. The van der Waals surface area contributed by atoms with E-state index in [1.165, 1.54) is 5.56 Å². The van der Waals surface area contributed by atoms with Crippen molar-refractivity contribution in [3.05, 3.63) is 53.7 Å². The molecule has 0 radical (unpaired) electrons. The molecule has 5 N–H and O–H groups in total. The number of nitrogens with one attached hydrogen (secondary N) is 4. The summed E-state index contributed by atoms with van der Waals surface area (Å²) in [6.07, 6.45) is 1.60. The van der Waals surface area contributed by atoms with E-state index in [1.54, 1.807) is 0 Å². The van der Waals surface area contributed by atoms with Crippen molar-refractivity contribution in [3.8, 4) is 0 Å². The molecule has 27 heavy (non-hydrogen) atoms. The van der Waals surface area contributed by atoms with E-state index in [0.717, 1.165) is 35.9 Å². The number of aromatic nitrogens is 3. The summed E-state index contributed by atoms with van der Waals surface area (Å²) in [7, 11) is 0. The van der Waals surface area contributed by atoms with Crippen LogP contribution >= 0.6 is 0 Å². The topological polar surface area (TPSA) is 89.1 Å². The van der Waals surface area contributed by atoms with Gasteiger partial charge in [0, 0.05) is 19.3 Å². The molecular weight excluding hydrogens is 340 g/mol. The number of rotatable bonds is 6. The zero-order chi connectivity index (χ0) is 18.8. The lowest BCUT2D eigenvalue weighted by Gasteiger charge is -2.15. The van der Waals surface area contributed by atoms with Gasteiger partial charge in [-0.25, -0.2) is 0 Å². The lowest BCUT2D eigenvalue weighted by Crippen LogP contribution is -2.34. The van der Waals surface area contributed by atoms with Gasteiger partial charge in [0.1, 0.15) is 0 Å². The Morgan fingerprint density at radius 2 is 2.07 bits per heavy atom. The summed E-state index contributed by atoms with van der Waals surface area (Å²) in [5, 5.41) is 23.5. The molecule has 2 atom stereocenters. The van der Waals surface area contributed by atoms with Crippen LogP contribution in [-0.2, 0) is 6.54 Å². The molecular formula is C20H27N6O+. The summed E-state index contributed by atoms with van der Waals surface area (Å²) in [6, 6.07) is 12.3. The van der Waals surface area contributed by atoms with Crippen LogP contribution in [0, 0.1) is 0 Å². The van der Waals surface area contributed by atoms with Gasteiger partial charge < -0.3 is 15.7 Å². The van der Waals surface area contributed by atoms with Crippen LogP contribution in [0.4, 0.5) is 11.6 Å². The number of nitrogens with zero attached hydrogens (tertiary/aromatic N) is 2. The van der Waals surface area contributed by atoms with E-state index in [4.69, 9.17) is 4.98 Å². The standard InChI is InChI=1S/C20H26N6O/c1-13(2)15-10-23-26-19(22-9-14-6-4-3-5-7-14)8-18(25-20(15)26)24-16-11-21-12-17(16)27/h3-8,10,13,16-17,21,27H,9,11-12H2,1-2H3,(H2,22,23,24,25)/p+1/t16-,17+/m0/s1. The van der Waals surface area contributed by atoms with Crippen molar-refractivity contribution in [1.82, 2.24) is 15.4 Å². The van der Waals surface area contributed by atoms with Gasteiger partial charge in [-0.2, -0.15) is 0 Å². The third-order valence-corrected chi connectivity index (χ3v) is 5.01. The molecule has 1 saturated heterocycles. The van der Waals surface area contributed by atoms with Crippen LogP contribution in [-0.4, -0.2) is 40.4 Å². The van der Waals surface area contributed by atoms with Gasteiger partial charge in [0.15, 0.2) is 0 Å². The van der Waals surface area contributed by atoms with Crippen molar-refractivity contribution in [2.75, 3.05) is 23.7 Å². The molecule has 0 bridgehead atoms. The molecule has 4 rings (SSSR count). The van der Waals surface area contributed by atoms with Crippen molar-refractivity contribution in [2.45, 2.75) is 38.5 Å². The normalized spacial score (nSPS) is 19.7. The average Bonchev–Trinajstić information content (AvgIpc) is 3.27. The highest BCUT2D eigenvalue weighted by atomic mass is 16.3. The second-order valence-electron chi connectivity index (χ2n) is 7.38. The number of aliphatic hydroxyl groups is 1. The molecule has 7 nitrogen and oxygen atoms in total. The molecule has 0 aliphatic carbocycles. The van der Waals surface area contributed by atoms with E-state index in [1.807, 2.05) is 35.0 Å². The van der Waals surface area contributed by atoms with Gasteiger partial charge in [0.2, 0.25) is 11.6 Å². The Hall–Kier alpha value is -2.64. The molecule has 3 aromatic rings. The molecule has 0 saturated carbocycles. The first kappa shape index (κ1) is 17.8. The predicted molar refractivity (Wildman–Crippen MR) is 106 cm³/mol. The Morgan fingerprint density at radius 1 is 1.26 bits per heavy atom. The van der Waals surface area contributed by atoms with Crippen molar-refractivity contribution in [1.29, 1.82) is 0 Å². The summed E-state index contributed by atoms with van der Waals surface area (Å²) < 4.78 is 1.98. The SMILES string of the molecule is CC(C)c1c[nH][n+]2c(NCc3ccccc3)cc(N[C@H]3CNC[C@H]3O)nc12. The largest absolute Gasteiger partial charge is 0.390 e. The number of hydrogen-bond acceptors (Lipinski definition) is 5. The summed E-state index contributed by atoms with van der Waals surface area (Å²) in [5.74, 6) is 2.05. The van der Waals surface area contributed by atoms with Gasteiger partial charge in [-0.05, 0) is 11.5 Å². The molecule has 3 heterocycles. The van der Waals surface area contributed by atoms with Gasteiger partial charge in [-0.3, -0.25) is 10.4 Å². The zero-order valence-electron chi connectivity index (χ0n) is 15.7. The maximum absolute atomic E-state index is 10.1. The number of fused-ring (bicyclic) bond motifs is 1. The van der Waals surface area contributed by atoms with Crippen LogP contribution in [0.1, 0.15) is 30.9 Å². The number of H-pyrrole nitrogens is 1. The van der Waals surface area contributed by atoms with E-state index in [-0.39, 0.29) is 6.04 Å². The number of benzene rings is 1. The fourth-order valence-corrected chi connectivity index (χ4v) is 3.45. The average molecular weight is 367 g/mol. The molecule has 0 amide bonds. The van der Waals surface area contributed by atoms with E-state index in [0.29, 0.717) is 12.5 Å². The third kappa shape index (κ3) is 3.74. The minimum atomic E-state index is -0.410. The fourth-order valence-electron chi connectivity index (χ4n) is 3.45. The highest BCUT2D eigenvalue weighted by Crippen LogP contribution is 2.21. The molecule has 1 fully saturated rings. The first-order valence-electron chi connectivity index (χ1n) is 9.49. The lowest BCUT2D eigenvalue weighted by atomic mass is 10.1. The Balaban J connectivity index is 1.67. The number of aromatic amines is 1. The molecule has 0 unspecified atom stereocenters. The molecule has 7 heteroatoms. The summed E-state index contributed by atoms with van der Waals surface area (Å²) in [5.41, 5.74) is 3.26. The first-order valence-corrected chi connectivity index (χ1v) is 9.49. The second-order valence-corrected chi connectivity index (χ2v) is 7.38. The third-order valence-electron chi connectivity index (χ3n) is 5.01. The van der Waals surface area contributed by atoms with E-state index in [2.05, 4.69) is 47.0 Å². The first-order chi connectivity index (χ1) is 13.1. The van der Waals surface area contributed by atoms with Crippen LogP contribution < -0.4 is 20.5 Å². The van der Waals surface area contributed by atoms with Crippen molar-refractivity contribution in [3.63, 3.8) is 0 Å². The monoisotopic (exact) mass is 367 g/mol. The van der Waals surface area contributed by atoms with E-state index in [9.17, 15) is 5.11 Å². The molecule has 2 aromatic heterocycles. The maximum atomic E-state index is 10.1. The minimum absolute atomic E-state index is 0.0386. The van der Waals surface area contributed by atoms with Gasteiger partial charge >= 0.3 is 0 Å². The highest BCUT2D eigenvalue weighted by molar-refractivity contribution is 5.54. The number of hydrogen-bond donors (Lipinski definition) is 5. The summed E-state index contributed by atoms with van der Waals surface area (Å²) in [6.45, 7) is 6.37. The van der Waals surface area contributed by atoms with Crippen molar-refractivity contribution >= 4 is 17.3 Å². The van der Waals surface area contributed by atoms with Gasteiger partial charge in [-0.1, -0.05) is 49.2 Å². The Kier molecular flexibility index (Phi) is 4.96. The maximum Gasteiger partial charge on any atom is 0.292 e. The number of β-amino-alcohol motifs (C(OH)–C–C–N with tert-alkyl or cyclic N) is 1. The molecule has 1 aliphatic rings. The van der Waals surface area contributed by atoms with Crippen LogP contribution in [0.5, 0.6) is 0 Å². The summed E-state index contributed by atoms with van der Waals surface area (Å²) >= 11 is 0. The number of anilines is 2. The van der Waals surface area contributed by atoms with Crippen LogP contribution in [0.2, 0.25) is 0 Å². The smallest absolute Gasteiger partial charge is 0.292 e. The summed E-state index contributed by atoms with van der Waals surface area (Å²) in [4.78, 5) is 4.81. The minimum Gasteiger partial charge on any atom is -0.390 e. The molecule has 1 aromatic carbocycles. The molecule has 0 spiro atoms. The van der Waals surface area contributed by atoms with Crippen LogP contribution in [0.15, 0.2) is 42.6 Å². The highest BCUT2D eigenvalue weighted by Gasteiger charge is 2.27. The van der Waals surface area contributed by atoms with Crippen LogP contribution in [0.3, 0.4) is 0 Å². The Labute approximate surface area is 158 Å². The van der Waals surface area contributed by atoms with Gasteiger partial charge in [0.25, 0.3) is 5.65 Å². The lowest BCUT2D eigenvalue weighted by molar-refractivity contribution is -0.564. The quantitative estimate of drug-likeness (QED) is 0.427. The Morgan fingerprint density at radius 3 is 2.78 bits per heavy atom. The fraction of sp³-hybridized carbons (Fsp3) is 0.400. The van der Waals surface area contributed by atoms with Gasteiger partial charge in [-0.15, -0.1) is 4.52 Å². The van der Waals surface area contributed by atoms with E-state index < -0.39 is 6.10 Å². The van der Waals surface area contributed by atoms with E-state index >= 15 is 0 Å². The molecule has 142 valence electrons. The second kappa shape index (κ2) is 7.54. The predicted octanol–water partition coefficient (Wildman–Crippen LogP) is 1.63. The Bertz CT molecular complexity index is 907. The van der Waals surface area contributed by atoms with Crippen molar-refractivity contribution < 1.29 is 9.62 Å². The van der Waals surface area contributed by atoms with Gasteiger partial charge in [0.05, 0.1) is 30.3 Å². The van der Waals surface area contributed by atoms with Crippen LogP contribution in [0.25, 0.3) is 5.65 Å². The molecule has 1 aliphatic heterocycles. The van der Waals surface area contributed by atoms with Crippen molar-refractivity contribution in [2.24, 2.45) is 0 Å².